The van der Waals surface area contributed by atoms with Gasteiger partial charge in [0.2, 0.25) is 17.7 Å². The van der Waals surface area contributed by atoms with Gasteiger partial charge < -0.3 is 9.73 Å². The van der Waals surface area contributed by atoms with Crippen LogP contribution in [0.15, 0.2) is 46.2 Å². The summed E-state index contributed by atoms with van der Waals surface area (Å²) in [5, 5.41) is 12.6. The summed E-state index contributed by atoms with van der Waals surface area (Å²) in [5.74, 6) is 0.973. The number of amides is 1. The summed E-state index contributed by atoms with van der Waals surface area (Å²) in [5.41, 5.74) is 1.57. The van der Waals surface area contributed by atoms with E-state index in [0.29, 0.717) is 18.2 Å². The van der Waals surface area contributed by atoms with Gasteiger partial charge in [0.25, 0.3) is 0 Å². The minimum Gasteiger partial charge on any atom is -0.421 e. The van der Waals surface area contributed by atoms with Crippen LogP contribution in [-0.4, -0.2) is 16.1 Å². The maximum absolute atomic E-state index is 11.9. The van der Waals surface area contributed by atoms with Gasteiger partial charge in [-0.2, -0.15) is 0 Å². The second-order valence-corrected chi connectivity index (χ2v) is 5.54. The molecule has 0 saturated heterocycles. The molecule has 106 valence electrons. The first-order chi connectivity index (χ1) is 10.2. The molecule has 1 aromatic carbocycles. The van der Waals surface area contributed by atoms with Crippen LogP contribution in [0.2, 0.25) is 0 Å². The van der Waals surface area contributed by atoms with Gasteiger partial charge >= 0.3 is 0 Å². The Labute approximate surface area is 125 Å². The highest BCUT2D eigenvalue weighted by Crippen LogP contribution is 2.20. The van der Waals surface area contributed by atoms with Gasteiger partial charge in [0.05, 0.1) is 6.42 Å². The Morgan fingerprint density at radius 2 is 2.05 bits per heavy atom. The van der Waals surface area contributed by atoms with Crippen molar-refractivity contribution in [2.45, 2.75) is 13.3 Å². The molecule has 2 aromatic heterocycles. The van der Waals surface area contributed by atoms with Crippen LogP contribution in [0.4, 0.5) is 5.69 Å². The summed E-state index contributed by atoms with van der Waals surface area (Å²) in [4.78, 5) is 12.9. The Kier molecular flexibility index (Phi) is 3.79. The predicted molar refractivity (Wildman–Crippen MR) is 81.1 cm³/mol. The zero-order valence-corrected chi connectivity index (χ0v) is 12.2. The van der Waals surface area contributed by atoms with Crippen molar-refractivity contribution in [1.29, 1.82) is 0 Å². The summed E-state index contributed by atoms with van der Waals surface area (Å²) < 4.78 is 5.35. The number of aromatic nitrogens is 2. The summed E-state index contributed by atoms with van der Waals surface area (Å²) in [6.45, 7) is 1.75. The Balaban J connectivity index is 1.65. The molecule has 3 rings (SSSR count). The molecule has 21 heavy (non-hydrogen) atoms. The monoisotopic (exact) mass is 299 g/mol. The Morgan fingerprint density at radius 1 is 1.24 bits per heavy atom. The van der Waals surface area contributed by atoms with Crippen molar-refractivity contribution in [3.8, 4) is 11.5 Å². The Morgan fingerprint density at radius 3 is 2.67 bits per heavy atom. The minimum atomic E-state index is -0.0289. The molecule has 0 aliphatic rings. The summed E-state index contributed by atoms with van der Waals surface area (Å²) >= 11 is 1.58. The van der Waals surface area contributed by atoms with Gasteiger partial charge in [-0.05, 0) is 35.7 Å². The maximum Gasteiger partial charge on any atom is 0.247 e. The topological polar surface area (TPSA) is 68.0 Å². The van der Waals surface area contributed by atoms with Gasteiger partial charge in [0.15, 0.2) is 0 Å². The molecule has 2 heterocycles. The highest BCUT2D eigenvalue weighted by molar-refractivity contribution is 7.10. The van der Waals surface area contributed by atoms with E-state index in [1.54, 1.807) is 18.3 Å². The van der Waals surface area contributed by atoms with Gasteiger partial charge in [-0.1, -0.05) is 6.07 Å². The number of carbonyl (C=O) groups is 1. The number of aryl methyl sites for hydroxylation is 1. The number of rotatable bonds is 4. The number of benzene rings is 1. The molecular formula is C15H13N3O2S. The van der Waals surface area contributed by atoms with Crippen LogP contribution in [0.3, 0.4) is 0 Å². The van der Waals surface area contributed by atoms with Crippen LogP contribution in [0.25, 0.3) is 11.5 Å². The van der Waals surface area contributed by atoms with E-state index in [0.717, 1.165) is 16.1 Å². The van der Waals surface area contributed by atoms with Crippen molar-refractivity contribution in [2.24, 2.45) is 0 Å². The summed E-state index contributed by atoms with van der Waals surface area (Å²) in [7, 11) is 0. The van der Waals surface area contributed by atoms with Crippen molar-refractivity contribution >= 4 is 22.9 Å². The number of thiophene rings is 1. The largest absolute Gasteiger partial charge is 0.421 e. The molecule has 0 radical (unpaired) electrons. The fraction of sp³-hybridized carbons (Fsp3) is 0.133. The van der Waals surface area contributed by atoms with Crippen molar-refractivity contribution in [2.75, 3.05) is 5.32 Å². The Hall–Kier alpha value is -2.47. The molecule has 3 aromatic rings. The molecule has 0 fully saturated rings. The SMILES string of the molecule is Cc1nnc(-c2ccc(NC(=O)Cc3cccs3)cc2)o1. The average Bonchev–Trinajstić information content (AvgIpc) is 3.11. The lowest BCUT2D eigenvalue weighted by molar-refractivity contribution is -0.115. The molecule has 0 saturated carbocycles. The van der Waals surface area contributed by atoms with Gasteiger partial charge in [0, 0.05) is 23.1 Å². The van der Waals surface area contributed by atoms with Crippen LogP contribution in [0.1, 0.15) is 10.8 Å². The van der Waals surface area contributed by atoms with E-state index in [4.69, 9.17) is 4.42 Å². The maximum atomic E-state index is 11.9. The minimum absolute atomic E-state index is 0.0289. The molecule has 1 N–H and O–H groups in total. The van der Waals surface area contributed by atoms with Crippen LogP contribution in [0, 0.1) is 6.92 Å². The average molecular weight is 299 g/mol. The van der Waals surface area contributed by atoms with Crippen molar-refractivity contribution in [3.63, 3.8) is 0 Å². The lowest BCUT2D eigenvalue weighted by atomic mass is 10.2. The predicted octanol–water partition coefficient (Wildman–Crippen LogP) is 3.29. The molecule has 0 aliphatic heterocycles. The normalized spacial score (nSPS) is 10.5. The van der Waals surface area contributed by atoms with Crippen molar-refractivity contribution in [1.82, 2.24) is 10.2 Å². The third-order valence-corrected chi connectivity index (χ3v) is 3.73. The molecule has 6 heteroatoms. The van der Waals surface area contributed by atoms with Crippen LogP contribution < -0.4 is 5.32 Å². The van der Waals surface area contributed by atoms with E-state index in [1.165, 1.54) is 0 Å². The number of hydrogen-bond acceptors (Lipinski definition) is 5. The quantitative estimate of drug-likeness (QED) is 0.802. The zero-order valence-electron chi connectivity index (χ0n) is 11.4. The molecule has 5 nitrogen and oxygen atoms in total. The molecule has 0 atom stereocenters. The first-order valence-electron chi connectivity index (χ1n) is 6.43. The first-order valence-corrected chi connectivity index (χ1v) is 7.31. The number of anilines is 1. The van der Waals surface area contributed by atoms with Gasteiger partial charge in [-0.3, -0.25) is 4.79 Å². The summed E-state index contributed by atoms with van der Waals surface area (Å²) in [6.07, 6.45) is 0.391. The second kappa shape index (κ2) is 5.88. The van der Waals surface area contributed by atoms with Gasteiger partial charge in [-0.25, -0.2) is 0 Å². The third kappa shape index (κ3) is 3.35. The third-order valence-electron chi connectivity index (χ3n) is 2.86. The van der Waals surface area contributed by atoms with E-state index < -0.39 is 0 Å². The van der Waals surface area contributed by atoms with E-state index in [9.17, 15) is 4.79 Å². The number of hydrogen-bond donors (Lipinski definition) is 1. The van der Waals surface area contributed by atoms with Gasteiger partial charge in [0.1, 0.15) is 0 Å². The molecule has 0 aliphatic carbocycles. The number of nitrogens with zero attached hydrogens (tertiary/aromatic N) is 2. The zero-order chi connectivity index (χ0) is 14.7. The summed E-state index contributed by atoms with van der Waals surface area (Å²) in [6, 6.07) is 11.2. The molecule has 0 bridgehead atoms. The lowest BCUT2D eigenvalue weighted by Gasteiger charge is -2.04. The number of carbonyl (C=O) groups excluding carboxylic acids is 1. The van der Waals surface area contributed by atoms with Crippen LogP contribution in [-0.2, 0) is 11.2 Å². The molecule has 0 spiro atoms. The van der Waals surface area contributed by atoms with E-state index in [1.807, 2.05) is 41.8 Å². The van der Waals surface area contributed by atoms with E-state index >= 15 is 0 Å². The highest BCUT2D eigenvalue weighted by Gasteiger charge is 2.07. The van der Waals surface area contributed by atoms with E-state index in [2.05, 4.69) is 15.5 Å². The van der Waals surface area contributed by atoms with Crippen molar-refractivity contribution < 1.29 is 9.21 Å². The van der Waals surface area contributed by atoms with E-state index in [-0.39, 0.29) is 5.91 Å². The van der Waals surface area contributed by atoms with Crippen LogP contribution in [0.5, 0.6) is 0 Å². The smallest absolute Gasteiger partial charge is 0.247 e. The number of nitrogens with one attached hydrogen (secondary N) is 1. The highest BCUT2D eigenvalue weighted by atomic mass is 32.1. The molecule has 0 unspecified atom stereocenters. The fourth-order valence-electron chi connectivity index (χ4n) is 1.89. The standard InChI is InChI=1S/C15H13N3O2S/c1-10-17-18-15(20-10)11-4-6-12(7-5-11)16-14(19)9-13-3-2-8-21-13/h2-8H,9H2,1H3,(H,16,19). The molecule has 1 amide bonds. The molecular weight excluding hydrogens is 286 g/mol. The van der Waals surface area contributed by atoms with Crippen LogP contribution >= 0.6 is 11.3 Å². The van der Waals surface area contributed by atoms with Gasteiger partial charge in [-0.15, -0.1) is 21.5 Å². The van der Waals surface area contributed by atoms with Crippen molar-refractivity contribution in [3.05, 3.63) is 52.5 Å². The Bertz CT molecular complexity index is 733. The lowest BCUT2D eigenvalue weighted by Crippen LogP contribution is -2.13. The first kappa shape index (κ1) is 13.5. The fourth-order valence-corrected chi connectivity index (χ4v) is 2.59. The second-order valence-electron chi connectivity index (χ2n) is 4.51.